The summed E-state index contributed by atoms with van der Waals surface area (Å²) in [5.74, 6) is 0. The Morgan fingerprint density at radius 3 is 2.83 bits per heavy atom. The van der Waals surface area contributed by atoms with Crippen LogP contribution < -0.4 is 0 Å². The van der Waals surface area contributed by atoms with Gasteiger partial charge in [-0.05, 0) is 12.1 Å². The number of aromatic amines is 1. The van der Waals surface area contributed by atoms with Crippen LogP contribution in [0.4, 0.5) is 0 Å². The summed E-state index contributed by atoms with van der Waals surface area (Å²) in [6.07, 6.45) is 3.46. The maximum atomic E-state index is 8.78. The Kier molecular flexibility index (Phi) is 5.07. The SMILES string of the molecule is OCCOCCn1cnc(-c2ccccc2Cl)c1-c1ccn[nH]1. The van der Waals surface area contributed by atoms with E-state index < -0.39 is 0 Å². The lowest BCUT2D eigenvalue weighted by Crippen LogP contribution is -2.09. The van der Waals surface area contributed by atoms with Gasteiger partial charge in [0.05, 0.1) is 48.3 Å². The van der Waals surface area contributed by atoms with E-state index in [0.717, 1.165) is 22.6 Å². The van der Waals surface area contributed by atoms with Gasteiger partial charge in [0.1, 0.15) is 0 Å². The van der Waals surface area contributed by atoms with E-state index in [9.17, 15) is 0 Å². The zero-order chi connectivity index (χ0) is 16.1. The first-order chi connectivity index (χ1) is 11.3. The highest BCUT2D eigenvalue weighted by Crippen LogP contribution is 2.34. The average Bonchev–Trinajstić information content (AvgIpc) is 3.21. The quantitative estimate of drug-likeness (QED) is 0.652. The lowest BCUT2D eigenvalue weighted by molar-refractivity contribution is 0.0871. The molecule has 0 atom stereocenters. The van der Waals surface area contributed by atoms with Gasteiger partial charge in [-0.1, -0.05) is 29.8 Å². The zero-order valence-corrected chi connectivity index (χ0v) is 13.2. The van der Waals surface area contributed by atoms with E-state index in [2.05, 4.69) is 15.2 Å². The first-order valence-electron chi connectivity index (χ1n) is 7.29. The third-order valence-electron chi connectivity index (χ3n) is 3.43. The molecule has 2 aromatic heterocycles. The summed E-state index contributed by atoms with van der Waals surface area (Å²) >= 11 is 6.32. The lowest BCUT2D eigenvalue weighted by Gasteiger charge is -2.10. The molecule has 0 aliphatic carbocycles. The minimum atomic E-state index is 0.0161. The number of hydrogen-bond donors (Lipinski definition) is 2. The van der Waals surface area contributed by atoms with Crippen LogP contribution in [-0.2, 0) is 11.3 Å². The summed E-state index contributed by atoms with van der Waals surface area (Å²) in [6, 6.07) is 9.50. The topological polar surface area (TPSA) is 76.0 Å². The molecule has 23 heavy (non-hydrogen) atoms. The fourth-order valence-corrected chi connectivity index (χ4v) is 2.63. The monoisotopic (exact) mass is 332 g/mol. The van der Waals surface area contributed by atoms with Crippen molar-refractivity contribution >= 4 is 11.6 Å². The highest BCUT2D eigenvalue weighted by Gasteiger charge is 2.17. The van der Waals surface area contributed by atoms with Crippen LogP contribution in [0.2, 0.25) is 5.02 Å². The number of aromatic nitrogens is 4. The van der Waals surface area contributed by atoms with E-state index in [-0.39, 0.29) is 6.61 Å². The molecule has 0 fully saturated rings. The van der Waals surface area contributed by atoms with Crippen molar-refractivity contribution in [2.24, 2.45) is 0 Å². The van der Waals surface area contributed by atoms with Crippen molar-refractivity contribution in [3.63, 3.8) is 0 Å². The Labute approximate surface area is 138 Å². The molecule has 120 valence electrons. The second kappa shape index (κ2) is 7.41. The van der Waals surface area contributed by atoms with Gasteiger partial charge in [0.2, 0.25) is 0 Å². The second-order valence-corrected chi connectivity index (χ2v) is 5.33. The Balaban J connectivity index is 1.97. The molecule has 0 bridgehead atoms. The maximum Gasteiger partial charge on any atom is 0.0994 e. The molecule has 0 saturated heterocycles. The molecule has 0 radical (unpaired) electrons. The Bertz CT molecular complexity index is 755. The predicted octanol–water partition coefficient (Wildman–Crippen LogP) is 2.60. The first-order valence-corrected chi connectivity index (χ1v) is 7.67. The van der Waals surface area contributed by atoms with E-state index in [1.54, 1.807) is 12.5 Å². The van der Waals surface area contributed by atoms with Crippen molar-refractivity contribution in [2.45, 2.75) is 6.54 Å². The van der Waals surface area contributed by atoms with Crippen LogP contribution in [0.25, 0.3) is 22.6 Å². The van der Waals surface area contributed by atoms with Gasteiger partial charge in [-0.2, -0.15) is 5.10 Å². The van der Waals surface area contributed by atoms with Crippen molar-refractivity contribution in [1.82, 2.24) is 19.7 Å². The van der Waals surface area contributed by atoms with Crippen LogP contribution in [0.3, 0.4) is 0 Å². The number of rotatable bonds is 7. The minimum Gasteiger partial charge on any atom is -0.394 e. The summed E-state index contributed by atoms with van der Waals surface area (Å²) in [7, 11) is 0. The summed E-state index contributed by atoms with van der Waals surface area (Å²) in [4.78, 5) is 4.53. The molecule has 0 amide bonds. The molecule has 2 N–H and O–H groups in total. The van der Waals surface area contributed by atoms with Gasteiger partial charge >= 0.3 is 0 Å². The number of benzene rings is 1. The van der Waals surface area contributed by atoms with Crippen LogP contribution in [-0.4, -0.2) is 44.7 Å². The van der Waals surface area contributed by atoms with E-state index in [1.807, 2.05) is 34.9 Å². The first kappa shape index (κ1) is 15.7. The molecule has 0 spiro atoms. The van der Waals surface area contributed by atoms with Gasteiger partial charge in [0.15, 0.2) is 0 Å². The second-order valence-electron chi connectivity index (χ2n) is 4.92. The summed E-state index contributed by atoms with van der Waals surface area (Å²) in [5, 5.41) is 16.4. The predicted molar refractivity (Wildman–Crippen MR) is 88.2 cm³/mol. The van der Waals surface area contributed by atoms with Gasteiger partial charge in [-0.15, -0.1) is 0 Å². The van der Waals surface area contributed by atoms with Crippen LogP contribution in [0, 0.1) is 0 Å². The fourth-order valence-electron chi connectivity index (χ4n) is 2.40. The number of halogens is 1. The van der Waals surface area contributed by atoms with Crippen LogP contribution >= 0.6 is 11.6 Å². The molecule has 6 nitrogen and oxygen atoms in total. The fraction of sp³-hybridized carbons (Fsp3) is 0.250. The molecule has 0 aliphatic rings. The van der Waals surface area contributed by atoms with Gasteiger partial charge < -0.3 is 14.4 Å². The van der Waals surface area contributed by atoms with Crippen molar-refractivity contribution in [2.75, 3.05) is 19.8 Å². The largest absolute Gasteiger partial charge is 0.394 e. The summed E-state index contributed by atoms with van der Waals surface area (Å²) in [5.41, 5.74) is 3.43. The van der Waals surface area contributed by atoms with Crippen LogP contribution in [0.1, 0.15) is 0 Å². The number of hydrogen-bond acceptors (Lipinski definition) is 4. The molecule has 1 aromatic carbocycles. The molecule has 0 saturated carbocycles. The number of nitrogens with one attached hydrogen (secondary N) is 1. The third-order valence-corrected chi connectivity index (χ3v) is 3.76. The Morgan fingerprint density at radius 2 is 2.09 bits per heavy atom. The summed E-state index contributed by atoms with van der Waals surface area (Å²) in [6.45, 7) is 1.44. The Hall–Kier alpha value is -2.15. The van der Waals surface area contributed by atoms with Gasteiger partial charge in [0.25, 0.3) is 0 Å². The van der Waals surface area contributed by atoms with Crippen LogP contribution in [0.15, 0.2) is 42.9 Å². The van der Waals surface area contributed by atoms with Gasteiger partial charge in [-0.25, -0.2) is 4.98 Å². The number of nitrogens with zero attached hydrogens (tertiary/aromatic N) is 3. The van der Waals surface area contributed by atoms with Crippen LogP contribution in [0.5, 0.6) is 0 Å². The minimum absolute atomic E-state index is 0.0161. The number of H-pyrrole nitrogens is 1. The molecule has 2 heterocycles. The standard InChI is InChI=1S/C16H17ClN4O2/c17-13-4-2-1-3-12(13)15-16(14-5-6-19-20-14)21(11-18-15)7-9-23-10-8-22/h1-6,11,22H,7-10H2,(H,19,20). The molecular weight excluding hydrogens is 316 g/mol. The van der Waals surface area contributed by atoms with E-state index in [1.165, 1.54) is 0 Å². The molecule has 7 heteroatoms. The van der Waals surface area contributed by atoms with Gasteiger partial charge in [-0.3, -0.25) is 5.10 Å². The van der Waals surface area contributed by atoms with Crippen molar-refractivity contribution in [1.29, 1.82) is 0 Å². The Morgan fingerprint density at radius 1 is 1.22 bits per heavy atom. The van der Waals surface area contributed by atoms with E-state index >= 15 is 0 Å². The van der Waals surface area contributed by atoms with E-state index in [0.29, 0.717) is 24.8 Å². The number of aliphatic hydroxyl groups excluding tert-OH is 1. The molecule has 3 aromatic rings. The number of ether oxygens (including phenoxy) is 1. The zero-order valence-electron chi connectivity index (χ0n) is 12.4. The average molecular weight is 333 g/mol. The normalized spacial score (nSPS) is 11.0. The molecule has 3 rings (SSSR count). The van der Waals surface area contributed by atoms with Crippen molar-refractivity contribution in [3.8, 4) is 22.6 Å². The smallest absolute Gasteiger partial charge is 0.0994 e. The molecule has 0 aliphatic heterocycles. The molecular formula is C16H17ClN4O2. The third kappa shape index (κ3) is 3.44. The van der Waals surface area contributed by atoms with E-state index in [4.69, 9.17) is 21.4 Å². The number of imidazole rings is 1. The lowest BCUT2D eigenvalue weighted by atomic mass is 10.1. The van der Waals surface area contributed by atoms with Crippen molar-refractivity contribution < 1.29 is 9.84 Å². The van der Waals surface area contributed by atoms with Crippen molar-refractivity contribution in [3.05, 3.63) is 47.9 Å². The summed E-state index contributed by atoms with van der Waals surface area (Å²) < 4.78 is 7.34. The maximum absolute atomic E-state index is 8.78. The van der Waals surface area contributed by atoms with Gasteiger partial charge in [0, 0.05) is 18.3 Å². The molecule has 0 unspecified atom stereocenters. The highest BCUT2D eigenvalue weighted by molar-refractivity contribution is 6.33. The highest BCUT2D eigenvalue weighted by atomic mass is 35.5. The number of aliphatic hydroxyl groups is 1.